The van der Waals surface area contributed by atoms with Gasteiger partial charge in [-0.2, -0.15) is 0 Å². The van der Waals surface area contributed by atoms with Gasteiger partial charge in [0.2, 0.25) is 5.91 Å². The van der Waals surface area contributed by atoms with Crippen molar-refractivity contribution >= 4 is 11.9 Å². The van der Waals surface area contributed by atoms with Gasteiger partial charge in [0.15, 0.2) is 0 Å². The van der Waals surface area contributed by atoms with Crippen LogP contribution in [0.4, 0.5) is 0 Å². The standard InChI is InChI=1S/C14H19NO4/c1-10(11-6-4-3-5-7-11)13(16)15-12(14(17)18)8-9-19-2/h3-7,10,12H,8-9H2,1-2H3,(H,15,16)(H,17,18). The highest BCUT2D eigenvalue weighted by Crippen LogP contribution is 2.14. The molecule has 19 heavy (non-hydrogen) atoms. The van der Waals surface area contributed by atoms with Crippen LogP contribution in [0, 0.1) is 0 Å². The van der Waals surface area contributed by atoms with Crippen molar-refractivity contribution in [2.45, 2.75) is 25.3 Å². The van der Waals surface area contributed by atoms with Crippen LogP contribution in [0.5, 0.6) is 0 Å². The lowest BCUT2D eigenvalue weighted by atomic mass is 10.00. The largest absolute Gasteiger partial charge is 0.480 e. The second-order valence-corrected chi connectivity index (χ2v) is 4.31. The summed E-state index contributed by atoms with van der Waals surface area (Å²) in [4.78, 5) is 23.0. The SMILES string of the molecule is COCCC(NC(=O)C(C)c1ccccc1)C(=O)O. The van der Waals surface area contributed by atoms with E-state index in [2.05, 4.69) is 5.32 Å². The van der Waals surface area contributed by atoms with Gasteiger partial charge in [-0.15, -0.1) is 0 Å². The Morgan fingerprint density at radius 1 is 1.32 bits per heavy atom. The fraction of sp³-hybridized carbons (Fsp3) is 0.429. The van der Waals surface area contributed by atoms with E-state index in [1.165, 1.54) is 7.11 Å². The number of hydrogen-bond acceptors (Lipinski definition) is 3. The number of amides is 1. The predicted octanol–water partition coefficient (Wildman–Crippen LogP) is 1.40. The van der Waals surface area contributed by atoms with Crippen molar-refractivity contribution in [1.82, 2.24) is 5.32 Å². The lowest BCUT2D eigenvalue weighted by Crippen LogP contribution is -2.43. The third kappa shape index (κ3) is 4.71. The van der Waals surface area contributed by atoms with Gasteiger partial charge >= 0.3 is 5.97 Å². The number of aliphatic carboxylic acids is 1. The summed E-state index contributed by atoms with van der Waals surface area (Å²) in [6.07, 6.45) is 0.249. The normalized spacial score (nSPS) is 13.6. The number of nitrogens with one attached hydrogen (secondary N) is 1. The highest BCUT2D eigenvalue weighted by Gasteiger charge is 2.23. The molecule has 1 amide bonds. The van der Waals surface area contributed by atoms with Crippen molar-refractivity contribution in [3.05, 3.63) is 35.9 Å². The van der Waals surface area contributed by atoms with Crippen LogP contribution in [0.3, 0.4) is 0 Å². The topological polar surface area (TPSA) is 75.6 Å². The first-order valence-electron chi connectivity index (χ1n) is 6.13. The summed E-state index contributed by atoms with van der Waals surface area (Å²) in [5.74, 6) is -1.73. The quantitative estimate of drug-likeness (QED) is 0.781. The average Bonchev–Trinajstić information content (AvgIpc) is 2.43. The molecule has 0 aromatic heterocycles. The summed E-state index contributed by atoms with van der Waals surface area (Å²) in [6, 6.07) is 8.33. The molecular formula is C14H19NO4. The smallest absolute Gasteiger partial charge is 0.326 e. The van der Waals surface area contributed by atoms with E-state index in [4.69, 9.17) is 9.84 Å². The molecule has 5 heteroatoms. The van der Waals surface area contributed by atoms with Crippen molar-refractivity contribution in [1.29, 1.82) is 0 Å². The Bertz CT molecular complexity index is 419. The molecule has 2 atom stereocenters. The maximum absolute atomic E-state index is 12.0. The lowest BCUT2D eigenvalue weighted by Gasteiger charge is -2.17. The van der Waals surface area contributed by atoms with Gasteiger partial charge in [-0.3, -0.25) is 4.79 Å². The van der Waals surface area contributed by atoms with E-state index in [1.807, 2.05) is 30.3 Å². The molecule has 1 aromatic rings. The fourth-order valence-corrected chi connectivity index (χ4v) is 1.68. The summed E-state index contributed by atoms with van der Waals surface area (Å²) >= 11 is 0. The number of ether oxygens (including phenoxy) is 1. The van der Waals surface area contributed by atoms with E-state index in [1.54, 1.807) is 6.92 Å². The zero-order valence-corrected chi connectivity index (χ0v) is 11.1. The first-order chi connectivity index (χ1) is 9.06. The van der Waals surface area contributed by atoms with Crippen molar-refractivity contribution in [2.24, 2.45) is 0 Å². The number of rotatable bonds is 7. The van der Waals surface area contributed by atoms with Crippen molar-refractivity contribution in [3.8, 4) is 0 Å². The van der Waals surface area contributed by atoms with E-state index in [9.17, 15) is 9.59 Å². The molecule has 104 valence electrons. The molecule has 1 rings (SSSR count). The van der Waals surface area contributed by atoms with Gasteiger partial charge in [-0.25, -0.2) is 4.79 Å². The lowest BCUT2D eigenvalue weighted by molar-refractivity contribution is -0.142. The molecule has 2 unspecified atom stereocenters. The highest BCUT2D eigenvalue weighted by molar-refractivity contribution is 5.87. The highest BCUT2D eigenvalue weighted by atomic mass is 16.5. The zero-order chi connectivity index (χ0) is 14.3. The second-order valence-electron chi connectivity index (χ2n) is 4.31. The number of hydrogen-bond donors (Lipinski definition) is 2. The molecule has 0 fully saturated rings. The minimum Gasteiger partial charge on any atom is -0.480 e. The number of carboxylic acid groups (broad SMARTS) is 1. The maximum atomic E-state index is 12.0. The van der Waals surface area contributed by atoms with Gasteiger partial charge in [0.1, 0.15) is 6.04 Å². The summed E-state index contributed by atoms with van der Waals surface area (Å²) in [5.41, 5.74) is 0.857. The van der Waals surface area contributed by atoms with Crippen molar-refractivity contribution < 1.29 is 19.4 Å². The monoisotopic (exact) mass is 265 g/mol. The Hall–Kier alpha value is -1.88. The van der Waals surface area contributed by atoms with Crippen LogP contribution < -0.4 is 5.32 Å². The maximum Gasteiger partial charge on any atom is 0.326 e. The molecule has 0 saturated heterocycles. The fourth-order valence-electron chi connectivity index (χ4n) is 1.68. The Kier molecular flexibility index (Phi) is 6.02. The third-order valence-corrected chi connectivity index (χ3v) is 2.92. The molecule has 0 heterocycles. The number of benzene rings is 1. The molecule has 0 aliphatic rings. The number of carboxylic acids is 1. The molecule has 1 aromatic carbocycles. The van der Waals surface area contributed by atoms with Gasteiger partial charge < -0.3 is 15.2 Å². The van der Waals surface area contributed by atoms with E-state index < -0.39 is 12.0 Å². The van der Waals surface area contributed by atoms with Crippen LogP contribution in [0.1, 0.15) is 24.8 Å². The van der Waals surface area contributed by atoms with Gasteiger partial charge in [-0.05, 0) is 12.5 Å². The molecule has 0 spiro atoms. The van der Waals surface area contributed by atoms with Crippen LogP contribution in [0.2, 0.25) is 0 Å². The summed E-state index contributed by atoms with van der Waals surface area (Å²) < 4.78 is 4.83. The van der Waals surface area contributed by atoms with Gasteiger partial charge in [0.25, 0.3) is 0 Å². The molecule has 0 bridgehead atoms. The van der Waals surface area contributed by atoms with Crippen molar-refractivity contribution in [3.63, 3.8) is 0 Å². The van der Waals surface area contributed by atoms with Gasteiger partial charge in [0, 0.05) is 20.1 Å². The van der Waals surface area contributed by atoms with E-state index in [-0.39, 0.29) is 24.9 Å². The third-order valence-electron chi connectivity index (χ3n) is 2.92. The molecule has 2 N–H and O–H groups in total. The molecule has 0 radical (unpaired) electrons. The molecule has 5 nitrogen and oxygen atoms in total. The summed E-state index contributed by atoms with van der Waals surface area (Å²) in [5, 5.41) is 11.6. The number of carbonyl (C=O) groups excluding carboxylic acids is 1. The molecular weight excluding hydrogens is 246 g/mol. The first kappa shape index (κ1) is 15.2. The molecule has 0 aliphatic heterocycles. The minimum absolute atomic E-state index is 0.249. The van der Waals surface area contributed by atoms with Crippen LogP contribution in [-0.2, 0) is 14.3 Å². The number of carbonyl (C=O) groups is 2. The van der Waals surface area contributed by atoms with E-state index in [0.717, 1.165) is 5.56 Å². The second kappa shape index (κ2) is 7.53. The predicted molar refractivity (Wildman–Crippen MR) is 70.9 cm³/mol. The number of methoxy groups -OCH3 is 1. The average molecular weight is 265 g/mol. The first-order valence-corrected chi connectivity index (χ1v) is 6.13. The Morgan fingerprint density at radius 3 is 2.47 bits per heavy atom. The molecule has 0 saturated carbocycles. The van der Waals surface area contributed by atoms with Crippen LogP contribution in [0.25, 0.3) is 0 Å². The summed E-state index contributed by atoms with van der Waals surface area (Å²) in [6.45, 7) is 2.04. The summed E-state index contributed by atoms with van der Waals surface area (Å²) in [7, 11) is 1.49. The van der Waals surface area contributed by atoms with Gasteiger partial charge in [-0.1, -0.05) is 30.3 Å². The van der Waals surface area contributed by atoms with Crippen LogP contribution >= 0.6 is 0 Å². The Labute approximate surface area is 112 Å². The van der Waals surface area contributed by atoms with Crippen LogP contribution in [0.15, 0.2) is 30.3 Å². The van der Waals surface area contributed by atoms with Gasteiger partial charge in [0.05, 0.1) is 5.92 Å². The Morgan fingerprint density at radius 2 is 1.95 bits per heavy atom. The minimum atomic E-state index is -1.05. The van der Waals surface area contributed by atoms with Crippen LogP contribution in [-0.4, -0.2) is 36.7 Å². The van der Waals surface area contributed by atoms with Crippen molar-refractivity contribution in [2.75, 3.05) is 13.7 Å². The van der Waals surface area contributed by atoms with E-state index >= 15 is 0 Å². The molecule has 0 aliphatic carbocycles. The zero-order valence-electron chi connectivity index (χ0n) is 11.1. The van der Waals surface area contributed by atoms with E-state index in [0.29, 0.717) is 0 Å². The Balaban J connectivity index is 2.64.